The smallest absolute Gasteiger partial charge is 0.260 e. The third kappa shape index (κ3) is 1.56. The van der Waals surface area contributed by atoms with Crippen molar-refractivity contribution in [3.8, 4) is 0 Å². The topological polar surface area (TPSA) is 20.3 Å². The third-order valence-electron chi connectivity index (χ3n) is 3.17. The van der Waals surface area contributed by atoms with E-state index in [1.807, 2.05) is 0 Å². The molecule has 0 aromatic carbocycles. The highest BCUT2D eigenvalue weighted by Gasteiger charge is 2.46. The van der Waals surface area contributed by atoms with E-state index in [0.29, 0.717) is 12.8 Å². The third-order valence-corrected chi connectivity index (χ3v) is 3.17. The Bertz CT molecular complexity index is 207. The first-order valence-corrected chi connectivity index (χ1v) is 5.21. The molecular weight excluding hydrogens is 169 g/mol. The Labute approximate surface area is 78.1 Å². The summed E-state index contributed by atoms with van der Waals surface area (Å²) in [6.45, 7) is 1.54. The number of likely N-dealkylation sites (tertiary alicyclic amines) is 1. The lowest BCUT2D eigenvalue weighted by Crippen LogP contribution is -2.51. The van der Waals surface area contributed by atoms with Crippen LogP contribution in [-0.2, 0) is 4.79 Å². The zero-order chi connectivity index (χ0) is 9.31. The van der Waals surface area contributed by atoms with Crippen LogP contribution < -0.4 is 0 Å². The van der Waals surface area contributed by atoms with Gasteiger partial charge < -0.3 is 4.90 Å². The van der Waals surface area contributed by atoms with Gasteiger partial charge in [-0.1, -0.05) is 0 Å². The number of halogens is 1. The largest absolute Gasteiger partial charge is 0.340 e. The highest BCUT2D eigenvalue weighted by atomic mass is 19.1. The fourth-order valence-corrected chi connectivity index (χ4v) is 2.08. The molecular formula is C10H16FNO. The molecule has 0 aromatic rings. The van der Waals surface area contributed by atoms with Gasteiger partial charge in [-0.2, -0.15) is 0 Å². The van der Waals surface area contributed by atoms with Gasteiger partial charge in [0.1, 0.15) is 0 Å². The molecule has 0 radical (unpaired) electrons. The number of piperidine rings is 1. The van der Waals surface area contributed by atoms with E-state index < -0.39 is 5.67 Å². The summed E-state index contributed by atoms with van der Waals surface area (Å²) in [6, 6.07) is 0. The minimum atomic E-state index is -1.47. The summed E-state index contributed by atoms with van der Waals surface area (Å²) in [6.07, 6.45) is 5.04. The molecule has 1 aliphatic carbocycles. The fourth-order valence-electron chi connectivity index (χ4n) is 2.08. The lowest BCUT2D eigenvalue weighted by Gasteiger charge is -2.38. The van der Waals surface area contributed by atoms with Crippen molar-refractivity contribution in [2.24, 2.45) is 0 Å². The number of rotatable bonds is 1. The molecule has 2 fully saturated rings. The first kappa shape index (κ1) is 8.97. The van der Waals surface area contributed by atoms with Crippen molar-refractivity contribution in [1.82, 2.24) is 4.90 Å². The normalized spacial score (nSPS) is 26.7. The lowest BCUT2D eigenvalue weighted by molar-refractivity contribution is -0.150. The fraction of sp³-hybridized carbons (Fsp3) is 0.900. The van der Waals surface area contributed by atoms with Crippen molar-refractivity contribution < 1.29 is 9.18 Å². The van der Waals surface area contributed by atoms with Gasteiger partial charge >= 0.3 is 0 Å². The van der Waals surface area contributed by atoms with E-state index in [9.17, 15) is 9.18 Å². The van der Waals surface area contributed by atoms with E-state index in [1.54, 1.807) is 4.90 Å². The maximum absolute atomic E-state index is 13.7. The van der Waals surface area contributed by atoms with Crippen LogP contribution in [0.2, 0.25) is 0 Å². The Hall–Kier alpha value is -0.600. The van der Waals surface area contributed by atoms with Crippen LogP contribution in [0.5, 0.6) is 0 Å². The van der Waals surface area contributed by atoms with Crippen molar-refractivity contribution in [2.75, 3.05) is 13.1 Å². The SMILES string of the molecule is O=C(N1CCCCC1)C1(F)CCC1. The number of nitrogens with zero attached hydrogens (tertiary/aromatic N) is 1. The van der Waals surface area contributed by atoms with E-state index in [4.69, 9.17) is 0 Å². The van der Waals surface area contributed by atoms with Crippen LogP contribution >= 0.6 is 0 Å². The van der Waals surface area contributed by atoms with E-state index in [2.05, 4.69) is 0 Å². The molecule has 1 saturated heterocycles. The standard InChI is InChI=1S/C10H16FNO/c11-10(5-4-6-10)9(13)12-7-2-1-3-8-12/h1-8H2. The molecule has 1 amide bonds. The summed E-state index contributed by atoms with van der Waals surface area (Å²) in [7, 11) is 0. The van der Waals surface area contributed by atoms with E-state index in [0.717, 1.165) is 32.4 Å². The van der Waals surface area contributed by atoms with Crippen LogP contribution in [-0.4, -0.2) is 29.6 Å². The molecule has 13 heavy (non-hydrogen) atoms. The molecule has 74 valence electrons. The van der Waals surface area contributed by atoms with Crippen LogP contribution in [0.4, 0.5) is 4.39 Å². The van der Waals surface area contributed by atoms with Gasteiger partial charge in [0.15, 0.2) is 5.67 Å². The maximum atomic E-state index is 13.7. The van der Waals surface area contributed by atoms with Gasteiger partial charge in [-0.3, -0.25) is 4.79 Å². The zero-order valence-corrected chi connectivity index (χ0v) is 7.89. The molecule has 0 aromatic heterocycles. The van der Waals surface area contributed by atoms with Crippen molar-refractivity contribution in [3.05, 3.63) is 0 Å². The number of carbonyl (C=O) groups is 1. The molecule has 0 unspecified atom stereocenters. The number of carbonyl (C=O) groups excluding carboxylic acids is 1. The number of hydrogen-bond donors (Lipinski definition) is 0. The quantitative estimate of drug-likeness (QED) is 0.611. The molecule has 1 heterocycles. The number of hydrogen-bond acceptors (Lipinski definition) is 1. The molecule has 0 N–H and O–H groups in total. The Kier molecular flexibility index (Phi) is 2.26. The Morgan fingerprint density at radius 3 is 2.15 bits per heavy atom. The first-order chi connectivity index (χ1) is 6.22. The van der Waals surface area contributed by atoms with Gasteiger partial charge in [0, 0.05) is 13.1 Å². The molecule has 2 nitrogen and oxygen atoms in total. The molecule has 1 saturated carbocycles. The highest BCUT2D eigenvalue weighted by Crippen LogP contribution is 2.37. The molecule has 3 heteroatoms. The summed E-state index contributed by atoms with van der Waals surface area (Å²) in [5, 5.41) is 0. The first-order valence-electron chi connectivity index (χ1n) is 5.21. The van der Waals surface area contributed by atoms with Crippen LogP contribution in [0.25, 0.3) is 0 Å². The monoisotopic (exact) mass is 185 g/mol. The average molecular weight is 185 g/mol. The highest BCUT2D eigenvalue weighted by molar-refractivity contribution is 5.86. The summed E-state index contributed by atoms with van der Waals surface area (Å²) in [4.78, 5) is 13.4. The Morgan fingerprint density at radius 2 is 1.69 bits per heavy atom. The van der Waals surface area contributed by atoms with E-state index in [1.165, 1.54) is 6.42 Å². The van der Waals surface area contributed by atoms with Crippen LogP contribution in [0.3, 0.4) is 0 Å². The summed E-state index contributed by atoms with van der Waals surface area (Å²) in [5.74, 6) is -0.238. The van der Waals surface area contributed by atoms with Gasteiger partial charge in [-0.25, -0.2) is 4.39 Å². The molecule has 2 aliphatic rings. The second-order valence-corrected chi connectivity index (χ2v) is 4.17. The van der Waals surface area contributed by atoms with Crippen molar-refractivity contribution in [2.45, 2.75) is 44.2 Å². The predicted molar refractivity (Wildman–Crippen MR) is 48.1 cm³/mol. The van der Waals surface area contributed by atoms with Crippen molar-refractivity contribution in [1.29, 1.82) is 0 Å². The van der Waals surface area contributed by atoms with E-state index in [-0.39, 0.29) is 5.91 Å². The lowest BCUT2D eigenvalue weighted by atomic mass is 9.80. The molecule has 2 rings (SSSR count). The number of amides is 1. The number of alkyl halides is 1. The van der Waals surface area contributed by atoms with Crippen molar-refractivity contribution in [3.63, 3.8) is 0 Å². The summed E-state index contributed by atoms with van der Waals surface area (Å²) in [5.41, 5.74) is -1.47. The summed E-state index contributed by atoms with van der Waals surface area (Å²) >= 11 is 0. The van der Waals surface area contributed by atoms with Crippen LogP contribution in [0.1, 0.15) is 38.5 Å². The Balaban J connectivity index is 1.95. The van der Waals surface area contributed by atoms with Gasteiger partial charge in [-0.05, 0) is 38.5 Å². The average Bonchev–Trinajstić information content (AvgIpc) is 2.14. The van der Waals surface area contributed by atoms with E-state index >= 15 is 0 Å². The minimum absolute atomic E-state index is 0.238. The Morgan fingerprint density at radius 1 is 1.08 bits per heavy atom. The second kappa shape index (κ2) is 3.28. The van der Waals surface area contributed by atoms with Gasteiger partial charge in [0.2, 0.25) is 0 Å². The molecule has 0 spiro atoms. The summed E-state index contributed by atoms with van der Waals surface area (Å²) < 4.78 is 13.7. The van der Waals surface area contributed by atoms with Gasteiger partial charge in [0.25, 0.3) is 5.91 Å². The molecule has 0 bridgehead atoms. The van der Waals surface area contributed by atoms with Gasteiger partial charge in [-0.15, -0.1) is 0 Å². The minimum Gasteiger partial charge on any atom is -0.340 e. The second-order valence-electron chi connectivity index (χ2n) is 4.17. The maximum Gasteiger partial charge on any atom is 0.260 e. The van der Waals surface area contributed by atoms with Crippen LogP contribution in [0.15, 0.2) is 0 Å². The zero-order valence-electron chi connectivity index (χ0n) is 7.89. The van der Waals surface area contributed by atoms with Gasteiger partial charge in [0.05, 0.1) is 0 Å². The van der Waals surface area contributed by atoms with Crippen molar-refractivity contribution >= 4 is 5.91 Å². The predicted octanol–water partition coefficient (Wildman–Crippen LogP) is 1.89. The van der Waals surface area contributed by atoms with Crippen LogP contribution in [0, 0.1) is 0 Å². The molecule has 0 atom stereocenters. The molecule has 1 aliphatic heterocycles.